The molecular weight excluding hydrogens is 292 g/mol. The predicted octanol–water partition coefficient (Wildman–Crippen LogP) is 4.39. The first-order chi connectivity index (χ1) is 11.2. The van der Waals surface area contributed by atoms with Gasteiger partial charge in [-0.05, 0) is 19.9 Å². The fourth-order valence-electron chi connectivity index (χ4n) is 2.27. The van der Waals surface area contributed by atoms with Crippen LogP contribution in [0.25, 0.3) is 4.98 Å². The highest BCUT2D eigenvalue weighted by atomic mass is 16.5. The van der Waals surface area contributed by atoms with Crippen LogP contribution in [0.4, 0.5) is 5.69 Å². The molecule has 23 heavy (non-hydrogen) atoms. The summed E-state index contributed by atoms with van der Waals surface area (Å²) in [5.41, 5.74) is 1.63. The molecule has 0 spiro atoms. The maximum Gasteiger partial charge on any atom is 0.429 e. The molecule has 0 amide bonds. The Morgan fingerprint density at radius 2 is 1.70 bits per heavy atom. The quantitative estimate of drug-likeness (QED) is 0.562. The summed E-state index contributed by atoms with van der Waals surface area (Å²) in [4.78, 5) is 15.6. The maximum atomic E-state index is 12.4. The number of rotatable bonds is 7. The van der Waals surface area contributed by atoms with Gasteiger partial charge in [0.15, 0.2) is 10.8 Å². The zero-order valence-corrected chi connectivity index (χ0v) is 13.3. The minimum absolute atomic E-state index is 0.0114. The molecule has 118 valence electrons. The molecule has 0 unspecified atom stereocenters. The van der Waals surface area contributed by atoms with Crippen LogP contribution in [0.2, 0.25) is 0 Å². The van der Waals surface area contributed by atoms with E-state index in [0.29, 0.717) is 35.8 Å². The van der Waals surface area contributed by atoms with Gasteiger partial charge >= 0.3 is 5.69 Å². The lowest BCUT2D eigenvalue weighted by atomic mass is 10.0. The van der Waals surface area contributed by atoms with E-state index in [1.807, 2.05) is 32.0 Å². The Balaban J connectivity index is 2.37. The van der Waals surface area contributed by atoms with Crippen LogP contribution in [0.1, 0.15) is 29.8 Å². The molecule has 2 aromatic carbocycles. The third-order valence-corrected chi connectivity index (χ3v) is 3.30. The Kier molecular flexibility index (Phi) is 5.70. The normalized spacial score (nSPS) is 9.96. The second kappa shape index (κ2) is 7.95. The fourth-order valence-corrected chi connectivity index (χ4v) is 2.27. The fraction of sp³-hybridized carbons (Fsp3) is 0.278. The number of nitrogens with zero attached hydrogens (tertiary/aromatic N) is 2. The summed E-state index contributed by atoms with van der Waals surface area (Å²) >= 11 is 0. The summed E-state index contributed by atoms with van der Waals surface area (Å²) in [7, 11) is 0. The van der Waals surface area contributed by atoms with E-state index in [0.717, 1.165) is 0 Å². The van der Waals surface area contributed by atoms with Gasteiger partial charge in [0, 0.05) is 17.5 Å². The molecule has 0 saturated heterocycles. The second-order valence-electron chi connectivity index (χ2n) is 4.86. The van der Waals surface area contributed by atoms with Crippen molar-refractivity contribution in [1.82, 2.24) is 0 Å². The topological polar surface area (TPSA) is 63.7 Å². The van der Waals surface area contributed by atoms with Gasteiger partial charge < -0.3 is 9.47 Å². The van der Waals surface area contributed by atoms with Gasteiger partial charge in [-0.1, -0.05) is 30.3 Å². The minimum Gasteiger partial charge on any atom is -0.493 e. The van der Waals surface area contributed by atoms with Gasteiger partial charge in [0.2, 0.25) is 11.1 Å². The SMILES string of the molecule is CCOc1cc([N+]#N)c(OCC)cc1CC(=O)c1ccccc1. The number of diazo groups is 1. The molecule has 0 aromatic heterocycles. The smallest absolute Gasteiger partial charge is 0.429 e. The molecular formula is C18H19N2O3+. The predicted molar refractivity (Wildman–Crippen MR) is 88.0 cm³/mol. The zero-order valence-electron chi connectivity index (χ0n) is 13.3. The largest absolute Gasteiger partial charge is 0.493 e. The van der Waals surface area contributed by atoms with E-state index in [2.05, 4.69) is 4.98 Å². The van der Waals surface area contributed by atoms with Gasteiger partial charge in [0.05, 0.1) is 19.3 Å². The highest BCUT2D eigenvalue weighted by Gasteiger charge is 2.22. The third kappa shape index (κ3) is 4.07. The highest BCUT2D eigenvalue weighted by Crippen LogP contribution is 2.36. The summed E-state index contributed by atoms with van der Waals surface area (Å²) in [5, 5.41) is 9.11. The van der Waals surface area contributed by atoms with Crippen LogP contribution in [0.15, 0.2) is 42.5 Å². The first-order valence-electron chi connectivity index (χ1n) is 7.55. The van der Waals surface area contributed by atoms with Gasteiger partial charge in [-0.25, -0.2) is 0 Å². The number of ether oxygens (including phenoxy) is 2. The van der Waals surface area contributed by atoms with Crippen LogP contribution >= 0.6 is 0 Å². The standard InChI is InChI=1S/C18H19N2O3/c1-3-22-17-12-15(20-19)18(23-4-2)11-14(17)10-16(21)13-8-6-5-7-9-13/h5-9,11-12H,3-4,10H2,1-2H3/q+1. The van der Waals surface area contributed by atoms with Crippen molar-refractivity contribution in [3.63, 3.8) is 0 Å². The van der Waals surface area contributed by atoms with E-state index in [1.54, 1.807) is 24.3 Å². The first-order valence-corrected chi connectivity index (χ1v) is 7.55. The summed E-state index contributed by atoms with van der Waals surface area (Å²) < 4.78 is 11.0. The van der Waals surface area contributed by atoms with E-state index in [1.165, 1.54) is 0 Å². The average Bonchev–Trinajstić information content (AvgIpc) is 2.58. The Morgan fingerprint density at radius 3 is 2.30 bits per heavy atom. The van der Waals surface area contributed by atoms with Gasteiger partial charge in [0.25, 0.3) is 0 Å². The number of carbonyl (C=O) groups excluding carboxylic acids is 1. The van der Waals surface area contributed by atoms with E-state index >= 15 is 0 Å². The van der Waals surface area contributed by atoms with Crippen molar-refractivity contribution in [2.24, 2.45) is 0 Å². The number of benzene rings is 2. The molecule has 2 rings (SSSR count). The van der Waals surface area contributed by atoms with E-state index in [9.17, 15) is 4.79 Å². The summed E-state index contributed by atoms with van der Waals surface area (Å²) in [6.07, 6.45) is 0.186. The molecule has 5 nitrogen and oxygen atoms in total. The number of ketones is 1. The van der Waals surface area contributed by atoms with Crippen molar-refractivity contribution in [1.29, 1.82) is 5.39 Å². The Bertz CT molecular complexity index is 721. The molecule has 0 aliphatic rings. The number of hydrogen-bond acceptors (Lipinski definition) is 4. The molecule has 0 heterocycles. The maximum absolute atomic E-state index is 12.4. The van der Waals surface area contributed by atoms with Gasteiger partial charge in [-0.3, -0.25) is 4.79 Å². The summed E-state index contributed by atoms with van der Waals surface area (Å²) in [6, 6.07) is 12.4. The Hall–Kier alpha value is -2.87. The summed E-state index contributed by atoms with van der Waals surface area (Å²) in [6.45, 7) is 4.58. The highest BCUT2D eigenvalue weighted by molar-refractivity contribution is 5.98. The van der Waals surface area contributed by atoms with Gasteiger partial charge in [-0.2, -0.15) is 0 Å². The monoisotopic (exact) mass is 311 g/mol. The lowest BCUT2D eigenvalue weighted by Gasteiger charge is -2.11. The average molecular weight is 311 g/mol. The van der Waals surface area contributed by atoms with Crippen LogP contribution in [-0.2, 0) is 6.42 Å². The number of Topliss-reactive ketones (excluding diaryl/α,β-unsaturated/α-hetero) is 1. The minimum atomic E-state index is -0.0114. The van der Waals surface area contributed by atoms with Crippen molar-refractivity contribution >= 4 is 11.5 Å². The zero-order chi connectivity index (χ0) is 16.7. The summed E-state index contributed by atoms with van der Waals surface area (Å²) in [5.74, 6) is 0.935. The van der Waals surface area contributed by atoms with Crippen LogP contribution in [-0.4, -0.2) is 19.0 Å². The second-order valence-corrected chi connectivity index (χ2v) is 4.86. The molecule has 5 heteroatoms. The molecule has 0 aliphatic carbocycles. The lowest BCUT2D eigenvalue weighted by molar-refractivity contribution is 0.0992. The molecule has 0 aliphatic heterocycles. The first kappa shape index (κ1) is 16.5. The van der Waals surface area contributed by atoms with Crippen LogP contribution in [0.3, 0.4) is 0 Å². The number of carbonyl (C=O) groups is 1. The Labute approximate surface area is 135 Å². The van der Waals surface area contributed by atoms with Crippen molar-refractivity contribution in [3.05, 3.63) is 58.6 Å². The van der Waals surface area contributed by atoms with Crippen LogP contribution in [0.5, 0.6) is 11.5 Å². The van der Waals surface area contributed by atoms with Crippen molar-refractivity contribution in [3.8, 4) is 11.5 Å². The van der Waals surface area contributed by atoms with E-state index < -0.39 is 0 Å². The molecule has 0 atom stereocenters. The van der Waals surface area contributed by atoms with Crippen LogP contribution in [0, 0.1) is 5.39 Å². The molecule has 0 fully saturated rings. The molecule has 0 bridgehead atoms. The van der Waals surface area contributed by atoms with Gasteiger partial charge in [-0.15, -0.1) is 0 Å². The van der Waals surface area contributed by atoms with E-state index in [4.69, 9.17) is 14.9 Å². The van der Waals surface area contributed by atoms with Gasteiger partial charge in [0.1, 0.15) is 5.75 Å². The number of hydrogen-bond donors (Lipinski definition) is 0. The molecule has 2 aromatic rings. The van der Waals surface area contributed by atoms with Crippen molar-refractivity contribution < 1.29 is 14.3 Å². The molecule has 0 saturated carbocycles. The molecule has 0 N–H and O–H groups in total. The van der Waals surface area contributed by atoms with Crippen molar-refractivity contribution in [2.75, 3.05) is 13.2 Å². The van der Waals surface area contributed by atoms with E-state index in [-0.39, 0.29) is 17.9 Å². The third-order valence-electron chi connectivity index (χ3n) is 3.30. The van der Waals surface area contributed by atoms with Crippen molar-refractivity contribution in [2.45, 2.75) is 20.3 Å². The van der Waals surface area contributed by atoms with Crippen LogP contribution < -0.4 is 9.47 Å². The molecule has 0 radical (unpaired) electrons. The Morgan fingerprint density at radius 1 is 1.04 bits per heavy atom. The lowest BCUT2D eigenvalue weighted by Crippen LogP contribution is -2.06.